The number of hydrogen-bond donors (Lipinski definition) is 0. The molecule has 2 aliphatic rings. The van der Waals surface area contributed by atoms with Gasteiger partial charge in [-0.15, -0.1) is 0 Å². The lowest BCUT2D eigenvalue weighted by Gasteiger charge is -2.29. The maximum absolute atomic E-state index is 13.4. The van der Waals surface area contributed by atoms with Gasteiger partial charge in [-0.1, -0.05) is 59.2 Å². The number of imide groups is 1. The number of rotatable bonds is 4. The third kappa shape index (κ3) is 3.54. The van der Waals surface area contributed by atoms with Gasteiger partial charge in [0.2, 0.25) is 0 Å². The zero-order chi connectivity index (χ0) is 19.7. The molecule has 2 aromatic carbocycles. The molecule has 2 aromatic rings. The second kappa shape index (κ2) is 8.19. The van der Waals surface area contributed by atoms with Crippen LogP contribution in [0.5, 0.6) is 0 Å². The van der Waals surface area contributed by atoms with Crippen molar-refractivity contribution in [3.05, 3.63) is 69.2 Å². The van der Waals surface area contributed by atoms with Gasteiger partial charge in [0.1, 0.15) is 10.6 Å². The van der Waals surface area contributed by atoms with Gasteiger partial charge in [0.05, 0.1) is 15.7 Å². The van der Waals surface area contributed by atoms with Gasteiger partial charge >= 0.3 is 0 Å². The van der Waals surface area contributed by atoms with E-state index in [2.05, 4.69) is 0 Å². The van der Waals surface area contributed by atoms with Gasteiger partial charge < -0.3 is 4.90 Å². The van der Waals surface area contributed by atoms with Gasteiger partial charge in [0.25, 0.3) is 11.8 Å². The standard InChI is InChI=1S/C21H18Cl2N2O2S/c22-15-10-7-11-16(17(15)23)25-20(26)18(24-12-5-2-6-13-24)19(21(25)27)28-14-8-3-1-4-9-14/h1,3-4,7-11H,2,5-6,12-13H2. The van der Waals surface area contributed by atoms with E-state index in [0.717, 1.165) is 42.1 Å². The minimum atomic E-state index is -0.358. The van der Waals surface area contributed by atoms with Crippen LogP contribution < -0.4 is 4.90 Å². The molecule has 0 N–H and O–H groups in total. The first-order chi connectivity index (χ1) is 13.6. The molecule has 4 nitrogen and oxygen atoms in total. The maximum atomic E-state index is 13.4. The molecule has 28 heavy (non-hydrogen) atoms. The minimum absolute atomic E-state index is 0.204. The molecular weight excluding hydrogens is 415 g/mol. The molecule has 144 valence electrons. The van der Waals surface area contributed by atoms with Crippen LogP contribution in [0, 0.1) is 0 Å². The average molecular weight is 433 g/mol. The van der Waals surface area contributed by atoms with Crippen molar-refractivity contribution in [2.24, 2.45) is 0 Å². The highest BCUT2D eigenvalue weighted by Crippen LogP contribution is 2.42. The van der Waals surface area contributed by atoms with E-state index in [1.807, 2.05) is 35.2 Å². The van der Waals surface area contributed by atoms with Gasteiger partial charge in [-0.2, -0.15) is 0 Å². The van der Waals surface area contributed by atoms with Crippen LogP contribution in [0.15, 0.2) is 64.0 Å². The maximum Gasteiger partial charge on any atom is 0.283 e. The number of benzene rings is 2. The number of nitrogens with zero attached hydrogens (tertiary/aromatic N) is 2. The highest BCUT2D eigenvalue weighted by Gasteiger charge is 2.43. The normalized spacial score (nSPS) is 17.6. The fourth-order valence-corrected chi connectivity index (χ4v) is 4.88. The fraction of sp³-hybridized carbons (Fsp3) is 0.238. The Balaban J connectivity index is 1.77. The number of piperidine rings is 1. The molecule has 0 unspecified atom stereocenters. The number of hydrogen-bond acceptors (Lipinski definition) is 4. The van der Waals surface area contributed by atoms with E-state index in [-0.39, 0.29) is 16.8 Å². The molecule has 0 radical (unpaired) electrons. The summed E-state index contributed by atoms with van der Waals surface area (Å²) >= 11 is 13.8. The van der Waals surface area contributed by atoms with Crippen LogP contribution in [0.3, 0.4) is 0 Å². The van der Waals surface area contributed by atoms with Crippen molar-refractivity contribution < 1.29 is 9.59 Å². The molecule has 1 saturated heterocycles. The Labute approximate surface area is 178 Å². The summed E-state index contributed by atoms with van der Waals surface area (Å²) in [6.45, 7) is 1.54. The van der Waals surface area contributed by atoms with E-state index < -0.39 is 0 Å². The third-order valence-electron chi connectivity index (χ3n) is 4.83. The number of carbonyl (C=O) groups excluding carboxylic acids is 2. The zero-order valence-electron chi connectivity index (χ0n) is 15.0. The summed E-state index contributed by atoms with van der Waals surface area (Å²) in [5, 5.41) is 0.512. The Bertz CT molecular complexity index is 956. The van der Waals surface area contributed by atoms with Gasteiger partial charge in [0.15, 0.2) is 0 Å². The Morgan fingerprint density at radius 1 is 0.821 bits per heavy atom. The van der Waals surface area contributed by atoms with Crippen molar-refractivity contribution in [1.29, 1.82) is 0 Å². The Morgan fingerprint density at radius 2 is 1.54 bits per heavy atom. The van der Waals surface area contributed by atoms with Crippen LogP contribution in [-0.4, -0.2) is 29.8 Å². The van der Waals surface area contributed by atoms with Gasteiger partial charge in [-0.25, -0.2) is 4.90 Å². The lowest BCUT2D eigenvalue weighted by atomic mass is 10.1. The molecule has 1 fully saturated rings. The van der Waals surface area contributed by atoms with Crippen molar-refractivity contribution in [3.8, 4) is 0 Å². The van der Waals surface area contributed by atoms with Gasteiger partial charge in [0, 0.05) is 18.0 Å². The number of likely N-dealkylation sites (tertiary alicyclic amines) is 1. The molecule has 0 aliphatic carbocycles. The summed E-state index contributed by atoms with van der Waals surface area (Å²) in [6, 6.07) is 14.6. The largest absolute Gasteiger partial charge is 0.366 e. The fourth-order valence-electron chi connectivity index (χ4n) is 3.48. The first kappa shape index (κ1) is 19.4. The van der Waals surface area contributed by atoms with Crippen LogP contribution in [0.1, 0.15) is 19.3 Å². The lowest BCUT2D eigenvalue weighted by molar-refractivity contribution is -0.121. The molecule has 0 atom stereocenters. The van der Waals surface area contributed by atoms with E-state index >= 15 is 0 Å². The molecular formula is C21H18Cl2N2O2S. The van der Waals surface area contributed by atoms with E-state index in [0.29, 0.717) is 21.3 Å². The van der Waals surface area contributed by atoms with Crippen LogP contribution in [0.2, 0.25) is 10.0 Å². The predicted molar refractivity (Wildman–Crippen MR) is 114 cm³/mol. The molecule has 2 amide bonds. The highest BCUT2D eigenvalue weighted by molar-refractivity contribution is 8.04. The quantitative estimate of drug-likeness (QED) is 0.609. The third-order valence-corrected chi connectivity index (χ3v) is 6.71. The Morgan fingerprint density at radius 3 is 2.25 bits per heavy atom. The second-order valence-corrected chi connectivity index (χ2v) is 8.53. The van der Waals surface area contributed by atoms with E-state index in [1.54, 1.807) is 18.2 Å². The van der Waals surface area contributed by atoms with Crippen molar-refractivity contribution in [2.45, 2.75) is 24.2 Å². The van der Waals surface area contributed by atoms with Crippen LogP contribution >= 0.6 is 35.0 Å². The Kier molecular flexibility index (Phi) is 5.67. The molecule has 0 saturated carbocycles. The number of carbonyl (C=O) groups is 2. The summed E-state index contributed by atoms with van der Waals surface area (Å²) in [6.07, 6.45) is 3.15. The lowest BCUT2D eigenvalue weighted by Crippen LogP contribution is -2.37. The minimum Gasteiger partial charge on any atom is -0.366 e. The molecule has 0 spiro atoms. The summed E-state index contributed by atoms with van der Waals surface area (Å²) < 4.78 is 0. The van der Waals surface area contributed by atoms with E-state index in [1.165, 1.54) is 11.8 Å². The summed E-state index contributed by atoms with van der Waals surface area (Å²) in [7, 11) is 0. The summed E-state index contributed by atoms with van der Waals surface area (Å²) in [5.74, 6) is -0.696. The van der Waals surface area contributed by atoms with Gasteiger partial charge in [-0.05, 0) is 43.5 Å². The molecule has 2 heterocycles. The summed E-state index contributed by atoms with van der Waals surface area (Å²) in [5.41, 5.74) is 0.789. The topological polar surface area (TPSA) is 40.6 Å². The SMILES string of the molecule is O=C1C(Sc2ccccc2)=C(N2CCCCC2)C(=O)N1c1cccc(Cl)c1Cl. The average Bonchev–Trinajstić information content (AvgIpc) is 2.95. The molecule has 2 aliphatic heterocycles. The number of anilines is 1. The number of halogens is 2. The molecule has 0 bridgehead atoms. The van der Waals surface area contributed by atoms with Crippen molar-refractivity contribution in [2.75, 3.05) is 18.0 Å². The highest BCUT2D eigenvalue weighted by atomic mass is 35.5. The smallest absolute Gasteiger partial charge is 0.283 e. The van der Waals surface area contributed by atoms with Crippen molar-refractivity contribution >= 4 is 52.5 Å². The first-order valence-corrected chi connectivity index (χ1v) is 10.7. The van der Waals surface area contributed by atoms with Crippen LogP contribution in [0.4, 0.5) is 5.69 Å². The second-order valence-electron chi connectivity index (χ2n) is 6.66. The summed E-state index contributed by atoms with van der Waals surface area (Å²) in [4.78, 5) is 31.2. The number of amides is 2. The van der Waals surface area contributed by atoms with E-state index in [9.17, 15) is 9.59 Å². The molecule has 4 rings (SSSR count). The molecule has 0 aromatic heterocycles. The first-order valence-electron chi connectivity index (χ1n) is 9.13. The van der Waals surface area contributed by atoms with Crippen molar-refractivity contribution in [1.82, 2.24) is 4.90 Å². The van der Waals surface area contributed by atoms with Crippen LogP contribution in [-0.2, 0) is 9.59 Å². The van der Waals surface area contributed by atoms with Gasteiger partial charge in [-0.3, -0.25) is 9.59 Å². The zero-order valence-corrected chi connectivity index (χ0v) is 17.4. The number of thioether (sulfide) groups is 1. The predicted octanol–water partition coefficient (Wildman–Crippen LogP) is 5.36. The van der Waals surface area contributed by atoms with Crippen LogP contribution in [0.25, 0.3) is 0 Å². The monoisotopic (exact) mass is 432 g/mol. The van der Waals surface area contributed by atoms with E-state index in [4.69, 9.17) is 23.2 Å². The van der Waals surface area contributed by atoms with Crippen molar-refractivity contribution in [3.63, 3.8) is 0 Å². The Hall–Kier alpha value is -1.95. The molecule has 7 heteroatoms.